The number of carbonyl (C=O) groups is 2. The molecule has 0 aliphatic heterocycles. The maximum absolute atomic E-state index is 13.0. The zero-order valence-corrected chi connectivity index (χ0v) is 13.0. The first-order chi connectivity index (χ1) is 10.6. The van der Waals surface area contributed by atoms with Crippen LogP contribution in [0.2, 0.25) is 0 Å². The molecule has 1 aliphatic carbocycles. The van der Waals surface area contributed by atoms with Gasteiger partial charge in [-0.2, -0.15) is 0 Å². The third-order valence-corrected chi connectivity index (χ3v) is 4.31. The van der Waals surface area contributed by atoms with E-state index in [0.29, 0.717) is 13.0 Å². The van der Waals surface area contributed by atoms with Crippen LogP contribution in [0.5, 0.6) is 0 Å². The molecule has 22 heavy (non-hydrogen) atoms. The summed E-state index contributed by atoms with van der Waals surface area (Å²) in [6, 6.07) is 6.51. The summed E-state index contributed by atoms with van der Waals surface area (Å²) >= 11 is 0. The quantitative estimate of drug-likeness (QED) is 0.812. The molecule has 0 bridgehead atoms. The van der Waals surface area contributed by atoms with Crippen molar-refractivity contribution in [1.82, 2.24) is 10.6 Å². The molecule has 2 rings (SSSR count). The van der Waals surface area contributed by atoms with Gasteiger partial charge in [0, 0.05) is 18.4 Å². The molecule has 0 saturated heterocycles. The van der Waals surface area contributed by atoms with Gasteiger partial charge in [-0.3, -0.25) is 9.59 Å². The fourth-order valence-corrected chi connectivity index (χ4v) is 2.80. The highest BCUT2D eigenvalue weighted by molar-refractivity contribution is 5.84. The second-order valence-electron chi connectivity index (χ2n) is 5.94. The van der Waals surface area contributed by atoms with Gasteiger partial charge in [-0.05, 0) is 37.0 Å². The van der Waals surface area contributed by atoms with E-state index in [2.05, 4.69) is 10.6 Å². The molecule has 0 radical (unpaired) electrons. The zero-order valence-electron chi connectivity index (χ0n) is 13.0. The topological polar surface area (TPSA) is 58.2 Å². The minimum atomic E-state index is -0.249. The van der Waals surface area contributed by atoms with Crippen LogP contribution in [0.1, 0.15) is 44.6 Å². The van der Waals surface area contributed by atoms with Gasteiger partial charge in [0.1, 0.15) is 5.82 Å². The van der Waals surface area contributed by atoms with Crippen LogP contribution < -0.4 is 10.6 Å². The van der Waals surface area contributed by atoms with E-state index in [1.54, 1.807) is 12.1 Å². The van der Waals surface area contributed by atoms with E-state index < -0.39 is 0 Å². The first kappa shape index (κ1) is 16.5. The summed E-state index contributed by atoms with van der Waals surface area (Å²) in [5.74, 6) is -0.534. The zero-order chi connectivity index (χ0) is 16.0. The lowest BCUT2D eigenvalue weighted by Gasteiger charge is -2.42. The summed E-state index contributed by atoms with van der Waals surface area (Å²) < 4.78 is 13.0. The summed E-state index contributed by atoms with van der Waals surface area (Å²) in [6.45, 7) is 2.46. The monoisotopic (exact) mass is 306 g/mol. The Balaban J connectivity index is 1.84. The molecule has 1 aliphatic rings. The molecule has 2 N–H and O–H groups in total. The van der Waals surface area contributed by atoms with Crippen LogP contribution in [0.4, 0.5) is 4.39 Å². The van der Waals surface area contributed by atoms with Gasteiger partial charge in [0.2, 0.25) is 11.8 Å². The molecular formula is C17H23FN2O2. The highest BCUT2D eigenvalue weighted by Gasteiger charge is 2.38. The van der Waals surface area contributed by atoms with Gasteiger partial charge in [-0.1, -0.05) is 25.5 Å². The maximum atomic E-state index is 13.0. The van der Waals surface area contributed by atoms with E-state index in [-0.39, 0.29) is 29.6 Å². The van der Waals surface area contributed by atoms with Gasteiger partial charge >= 0.3 is 0 Å². The fraction of sp³-hybridized carbons (Fsp3) is 0.529. The molecule has 1 saturated carbocycles. The van der Waals surface area contributed by atoms with Crippen molar-refractivity contribution in [2.24, 2.45) is 0 Å². The number of nitrogens with one attached hydrogen (secondary N) is 2. The minimum Gasteiger partial charge on any atom is -0.354 e. The van der Waals surface area contributed by atoms with Crippen LogP contribution in [-0.4, -0.2) is 24.9 Å². The van der Waals surface area contributed by atoms with E-state index in [4.69, 9.17) is 0 Å². The average molecular weight is 306 g/mol. The van der Waals surface area contributed by atoms with Crippen molar-refractivity contribution in [1.29, 1.82) is 0 Å². The molecule has 0 spiro atoms. The summed E-state index contributed by atoms with van der Waals surface area (Å²) in [5.41, 5.74) is 0.979. The van der Waals surface area contributed by atoms with Gasteiger partial charge in [0.25, 0.3) is 0 Å². The van der Waals surface area contributed by atoms with E-state index >= 15 is 0 Å². The van der Waals surface area contributed by atoms with E-state index in [1.165, 1.54) is 12.1 Å². The molecule has 2 amide bonds. The highest BCUT2D eigenvalue weighted by atomic mass is 19.1. The Kier molecular flexibility index (Phi) is 5.52. The highest BCUT2D eigenvalue weighted by Crippen LogP contribution is 2.43. The van der Waals surface area contributed by atoms with Crippen LogP contribution in [0.3, 0.4) is 0 Å². The molecule has 1 aromatic carbocycles. The van der Waals surface area contributed by atoms with Crippen LogP contribution in [0.25, 0.3) is 0 Å². The van der Waals surface area contributed by atoms with E-state index in [9.17, 15) is 14.0 Å². The molecule has 0 atom stereocenters. The van der Waals surface area contributed by atoms with Crippen molar-refractivity contribution in [3.05, 3.63) is 35.6 Å². The van der Waals surface area contributed by atoms with Crippen LogP contribution >= 0.6 is 0 Å². The Labute approximate surface area is 130 Å². The molecule has 1 fully saturated rings. The fourth-order valence-electron chi connectivity index (χ4n) is 2.80. The molecule has 0 unspecified atom stereocenters. The average Bonchev–Trinajstić information content (AvgIpc) is 2.46. The Morgan fingerprint density at radius 2 is 1.82 bits per heavy atom. The predicted octanol–water partition coefficient (Wildman–Crippen LogP) is 2.28. The number of hydrogen-bond acceptors (Lipinski definition) is 2. The van der Waals surface area contributed by atoms with Crippen molar-refractivity contribution in [2.75, 3.05) is 13.1 Å². The summed E-state index contributed by atoms with van der Waals surface area (Å²) in [5, 5.41) is 5.49. The Morgan fingerprint density at radius 1 is 1.14 bits per heavy atom. The minimum absolute atomic E-state index is 0.0122. The number of amides is 2. The number of hydrogen-bond donors (Lipinski definition) is 2. The largest absolute Gasteiger partial charge is 0.354 e. The van der Waals surface area contributed by atoms with Gasteiger partial charge < -0.3 is 10.6 Å². The van der Waals surface area contributed by atoms with Gasteiger partial charge in [-0.15, -0.1) is 0 Å². The van der Waals surface area contributed by atoms with Gasteiger partial charge in [-0.25, -0.2) is 4.39 Å². The predicted molar refractivity (Wildman–Crippen MR) is 82.9 cm³/mol. The third kappa shape index (κ3) is 4.06. The second kappa shape index (κ2) is 7.38. The van der Waals surface area contributed by atoms with Gasteiger partial charge in [0.05, 0.1) is 6.54 Å². The van der Waals surface area contributed by atoms with Crippen molar-refractivity contribution in [3.8, 4) is 0 Å². The van der Waals surface area contributed by atoms with Crippen molar-refractivity contribution < 1.29 is 14.0 Å². The molecule has 5 heteroatoms. The molecule has 4 nitrogen and oxygen atoms in total. The van der Waals surface area contributed by atoms with Crippen LogP contribution in [0, 0.1) is 5.82 Å². The third-order valence-electron chi connectivity index (χ3n) is 4.31. The Bertz CT molecular complexity index is 524. The smallest absolute Gasteiger partial charge is 0.239 e. The lowest BCUT2D eigenvalue weighted by atomic mass is 9.64. The standard InChI is InChI=1S/C17H23FN2O2/c1-2-4-15(21)19-11-16(22)20-12-17(9-3-10-17)13-5-7-14(18)8-6-13/h5-8H,2-4,9-12H2,1H3,(H,19,21)(H,20,22). The Hall–Kier alpha value is -1.91. The lowest BCUT2D eigenvalue weighted by molar-refractivity contribution is -0.126. The van der Waals surface area contributed by atoms with Crippen molar-refractivity contribution >= 4 is 11.8 Å². The number of rotatable bonds is 7. The first-order valence-corrected chi connectivity index (χ1v) is 7.85. The number of benzene rings is 1. The molecule has 1 aromatic rings. The number of carbonyl (C=O) groups excluding carboxylic acids is 2. The molecule has 120 valence electrons. The lowest BCUT2D eigenvalue weighted by Crippen LogP contribution is -2.47. The maximum Gasteiger partial charge on any atom is 0.239 e. The van der Waals surface area contributed by atoms with E-state index in [0.717, 1.165) is 31.2 Å². The summed E-state index contributed by atoms with van der Waals surface area (Å²) in [4.78, 5) is 23.2. The number of halogens is 1. The van der Waals surface area contributed by atoms with Crippen molar-refractivity contribution in [2.45, 2.75) is 44.4 Å². The van der Waals surface area contributed by atoms with E-state index in [1.807, 2.05) is 6.92 Å². The van der Waals surface area contributed by atoms with Crippen LogP contribution in [-0.2, 0) is 15.0 Å². The Morgan fingerprint density at radius 3 is 2.36 bits per heavy atom. The normalized spacial score (nSPS) is 15.7. The molecule has 0 heterocycles. The molecular weight excluding hydrogens is 283 g/mol. The first-order valence-electron chi connectivity index (χ1n) is 7.85. The molecule has 0 aromatic heterocycles. The van der Waals surface area contributed by atoms with Crippen molar-refractivity contribution in [3.63, 3.8) is 0 Å². The SMILES string of the molecule is CCCC(=O)NCC(=O)NCC1(c2ccc(F)cc2)CCC1. The van der Waals surface area contributed by atoms with Gasteiger partial charge in [0.15, 0.2) is 0 Å². The second-order valence-corrected chi connectivity index (χ2v) is 5.94. The summed E-state index contributed by atoms with van der Waals surface area (Å²) in [6.07, 6.45) is 4.29. The summed E-state index contributed by atoms with van der Waals surface area (Å²) in [7, 11) is 0. The van der Waals surface area contributed by atoms with Crippen LogP contribution in [0.15, 0.2) is 24.3 Å².